The highest BCUT2D eigenvalue weighted by molar-refractivity contribution is 5.78. The van der Waals surface area contributed by atoms with Gasteiger partial charge in [-0.2, -0.15) is 7.05 Å². The van der Waals surface area contributed by atoms with Crippen molar-refractivity contribution >= 4 is 5.91 Å². The second-order valence-electron chi connectivity index (χ2n) is 4.17. The summed E-state index contributed by atoms with van der Waals surface area (Å²) in [6, 6.07) is 0.528. The van der Waals surface area contributed by atoms with Crippen LogP contribution in [0.5, 0.6) is 0 Å². The molecule has 1 amide bonds. The van der Waals surface area contributed by atoms with Gasteiger partial charge in [-0.15, -0.1) is 0 Å². The minimum atomic E-state index is 0.373. The number of hydrogen-bond acceptors (Lipinski definition) is 1. The fourth-order valence-corrected chi connectivity index (χ4v) is 2.38. The molecule has 3 heteroatoms. The average molecular weight is 182 g/mol. The van der Waals surface area contributed by atoms with Crippen LogP contribution in [0.3, 0.4) is 0 Å². The molecular weight excluding hydrogens is 164 g/mol. The number of rotatable bonds is 1. The monoisotopic (exact) mass is 182 g/mol. The smallest absolute Gasteiger partial charge is 0.222 e. The van der Waals surface area contributed by atoms with Crippen molar-refractivity contribution in [2.75, 3.05) is 19.6 Å². The van der Waals surface area contributed by atoms with E-state index in [2.05, 4.69) is 11.9 Å². The second kappa shape index (κ2) is 3.66. The Kier molecular flexibility index (Phi) is 2.54. The Morgan fingerprint density at radius 2 is 2.08 bits per heavy atom. The van der Waals surface area contributed by atoms with Crippen LogP contribution in [0.4, 0.5) is 0 Å². The molecule has 0 bridgehead atoms. The van der Waals surface area contributed by atoms with Gasteiger partial charge in [0.05, 0.1) is 13.1 Å². The van der Waals surface area contributed by atoms with Crippen LogP contribution in [0.25, 0.3) is 0 Å². The minimum absolute atomic E-state index is 0.373. The van der Waals surface area contributed by atoms with E-state index in [0.29, 0.717) is 11.9 Å². The highest BCUT2D eigenvalue weighted by Crippen LogP contribution is 2.18. The number of carbonyl (C=O) groups is 1. The van der Waals surface area contributed by atoms with E-state index in [1.54, 1.807) is 0 Å². The molecule has 1 N–H and O–H groups in total. The molecule has 13 heavy (non-hydrogen) atoms. The highest BCUT2D eigenvalue weighted by Gasteiger charge is 2.30. The van der Waals surface area contributed by atoms with Crippen LogP contribution in [0.2, 0.25) is 0 Å². The van der Waals surface area contributed by atoms with Gasteiger partial charge in [-0.1, -0.05) is 0 Å². The molecule has 3 nitrogen and oxygen atoms in total. The van der Waals surface area contributed by atoms with Crippen molar-refractivity contribution < 1.29 is 9.69 Å². The van der Waals surface area contributed by atoms with Crippen molar-refractivity contribution in [2.24, 2.45) is 0 Å². The molecule has 0 aromatic heterocycles. The summed E-state index contributed by atoms with van der Waals surface area (Å²) in [4.78, 5) is 14.9. The summed E-state index contributed by atoms with van der Waals surface area (Å²) < 4.78 is 0. The first-order valence-electron chi connectivity index (χ1n) is 5.23. The third-order valence-corrected chi connectivity index (χ3v) is 3.21. The topological polar surface area (TPSA) is 24.8 Å². The minimum Gasteiger partial charge on any atom is -0.468 e. The van der Waals surface area contributed by atoms with E-state index in [9.17, 15) is 4.79 Å². The van der Waals surface area contributed by atoms with Crippen molar-refractivity contribution in [1.82, 2.24) is 4.90 Å². The largest absolute Gasteiger partial charge is 0.468 e. The van der Waals surface area contributed by atoms with Crippen LogP contribution < -0.4 is 4.90 Å². The van der Waals surface area contributed by atoms with E-state index in [4.69, 9.17) is 0 Å². The maximum atomic E-state index is 11.5. The maximum Gasteiger partial charge on any atom is 0.222 e. The van der Waals surface area contributed by atoms with Crippen LogP contribution in [-0.4, -0.2) is 36.5 Å². The molecular formula is C10H18N2O. The molecule has 2 aliphatic heterocycles. The van der Waals surface area contributed by atoms with Gasteiger partial charge in [0.15, 0.2) is 0 Å². The summed E-state index contributed by atoms with van der Waals surface area (Å²) in [5, 5.41) is 0. The third-order valence-electron chi connectivity index (χ3n) is 3.21. The zero-order valence-electron chi connectivity index (χ0n) is 8.09. The fraction of sp³-hybridized carbons (Fsp3) is 0.800. The fourth-order valence-electron chi connectivity index (χ4n) is 2.38. The molecule has 0 spiro atoms. The van der Waals surface area contributed by atoms with Gasteiger partial charge in [0, 0.05) is 31.8 Å². The van der Waals surface area contributed by atoms with Gasteiger partial charge in [0.2, 0.25) is 5.91 Å². The molecule has 0 aliphatic carbocycles. The Morgan fingerprint density at radius 1 is 1.38 bits per heavy atom. The molecule has 0 saturated carbocycles. The summed E-state index contributed by atoms with van der Waals surface area (Å²) in [7, 11) is 3.99. The molecule has 2 fully saturated rings. The highest BCUT2D eigenvalue weighted by atomic mass is 16.2. The number of likely N-dealkylation sites (tertiary alicyclic amines) is 2. The van der Waals surface area contributed by atoms with Gasteiger partial charge in [-0.25, -0.2) is 0 Å². The van der Waals surface area contributed by atoms with Crippen LogP contribution in [-0.2, 0) is 4.79 Å². The van der Waals surface area contributed by atoms with E-state index in [0.717, 1.165) is 45.3 Å². The van der Waals surface area contributed by atoms with Gasteiger partial charge in [0.1, 0.15) is 0 Å². The lowest BCUT2D eigenvalue weighted by molar-refractivity contribution is -0.859. The van der Waals surface area contributed by atoms with E-state index < -0.39 is 0 Å². The molecule has 2 heterocycles. The van der Waals surface area contributed by atoms with Crippen LogP contribution >= 0.6 is 0 Å². The lowest BCUT2D eigenvalue weighted by Crippen LogP contribution is -3.08. The van der Waals surface area contributed by atoms with Gasteiger partial charge in [-0.3, -0.25) is 4.79 Å². The molecule has 0 atom stereocenters. The molecule has 74 valence electrons. The molecule has 0 aromatic carbocycles. The van der Waals surface area contributed by atoms with E-state index in [1.807, 2.05) is 0 Å². The summed E-state index contributed by atoms with van der Waals surface area (Å²) in [6.07, 6.45) is 4.13. The first-order valence-corrected chi connectivity index (χ1v) is 5.23. The van der Waals surface area contributed by atoms with Crippen LogP contribution in [0, 0.1) is 7.05 Å². The van der Waals surface area contributed by atoms with Crippen molar-refractivity contribution in [1.29, 1.82) is 0 Å². The molecule has 0 radical (unpaired) electrons. The molecule has 2 saturated heterocycles. The number of piperidine rings is 1. The predicted octanol–water partition coefficient (Wildman–Crippen LogP) is -0.552. The Hall–Kier alpha value is -0.570. The number of nitrogens with one attached hydrogen (secondary N) is 1. The SMILES string of the molecule is [CH2-][NH+]1CCC(N2CCCC2=O)CC1. The summed E-state index contributed by atoms with van der Waals surface area (Å²) in [5.74, 6) is 0.373. The standard InChI is InChI=1S/C10H18N2O/c1-11-7-4-9(5-8-11)12-6-2-3-10(12)13/h9,11H,1-8H2. The van der Waals surface area contributed by atoms with Crippen molar-refractivity contribution in [2.45, 2.75) is 31.7 Å². The maximum absolute atomic E-state index is 11.5. The number of quaternary nitrogens is 1. The normalized spacial score (nSPS) is 35.5. The number of amides is 1. The predicted molar refractivity (Wildman–Crippen MR) is 50.0 cm³/mol. The van der Waals surface area contributed by atoms with E-state index in [1.165, 1.54) is 4.90 Å². The first kappa shape index (κ1) is 9.00. The zero-order valence-corrected chi connectivity index (χ0v) is 8.09. The van der Waals surface area contributed by atoms with E-state index >= 15 is 0 Å². The second-order valence-corrected chi connectivity index (χ2v) is 4.17. The molecule has 2 aliphatic rings. The Bertz CT molecular complexity index is 197. The van der Waals surface area contributed by atoms with Gasteiger partial charge < -0.3 is 9.80 Å². The van der Waals surface area contributed by atoms with Crippen LogP contribution in [0.1, 0.15) is 25.7 Å². The quantitative estimate of drug-likeness (QED) is 0.541. The van der Waals surface area contributed by atoms with Gasteiger partial charge in [-0.05, 0) is 6.42 Å². The zero-order chi connectivity index (χ0) is 9.26. The summed E-state index contributed by atoms with van der Waals surface area (Å²) in [6.45, 7) is 3.23. The lowest BCUT2D eigenvalue weighted by Gasteiger charge is -2.35. The third kappa shape index (κ3) is 1.85. The summed E-state index contributed by atoms with van der Waals surface area (Å²) >= 11 is 0. The Balaban J connectivity index is 1.90. The molecule has 0 unspecified atom stereocenters. The lowest BCUT2D eigenvalue weighted by atomic mass is 10.0. The first-order chi connectivity index (χ1) is 6.27. The van der Waals surface area contributed by atoms with E-state index in [-0.39, 0.29) is 0 Å². The number of hydrogen-bond donors (Lipinski definition) is 1. The summed E-state index contributed by atoms with van der Waals surface area (Å²) in [5.41, 5.74) is 0. The van der Waals surface area contributed by atoms with Crippen LogP contribution in [0.15, 0.2) is 0 Å². The number of carbonyl (C=O) groups excluding carboxylic acids is 1. The van der Waals surface area contributed by atoms with Crippen molar-refractivity contribution in [3.05, 3.63) is 7.05 Å². The molecule has 2 rings (SSSR count). The average Bonchev–Trinajstić information content (AvgIpc) is 2.53. The Labute approximate surface area is 79.7 Å². The van der Waals surface area contributed by atoms with Gasteiger partial charge in [0.25, 0.3) is 0 Å². The van der Waals surface area contributed by atoms with Crippen molar-refractivity contribution in [3.8, 4) is 0 Å². The van der Waals surface area contributed by atoms with Gasteiger partial charge >= 0.3 is 0 Å². The number of nitrogens with zero attached hydrogens (tertiary/aromatic N) is 1. The molecule has 0 aromatic rings. The Morgan fingerprint density at radius 3 is 2.62 bits per heavy atom. The van der Waals surface area contributed by atoms with Crippen molar-refractivity contribution in [3.63, 3.8) is 0 Å².